The lowest BCUT2D eigenvalue weighted by Gasteiger charge is -2.13. The van der Waals surface area contributed by atoms with E-state index in [1.165, 1.54) is 12.4 Å². The summed E-state index contributed by atoms with van der Waals surface area (Å²) in [5, 5.41) is 2.75. The summed E-state index contributed by atoms with van der Waals surface area (Å²) >= 11 is 0. The molecule has 9 heteroatoms. The Labute approximate surface area is 171 Å². The van der Waals surface area contributed by atoms with Gasteiger partial charge in [0.25, 0.3) is 5.91 Å². The van der Waals surface area contributed by atoms with Crippen LogP contribution in [-0.4, -0.2) is 34.4 Å². The topological polar surface area (TPSA) is 81.2 Å². The predicted octanol–water partition coefficient (Wildman–Crippen LogP) is 3.43. The zero-order valence-corrected chi connectivity index (χ0v) is 16.5. The van der Waals surface area contributed by atoms with Gasteiger partial charge in [0.15, 0.2) is 6.61 Å². The second-order valence-corrected chi connectivity index (χ2v) is 7.20. The van der Waals surface area contributed by atoms with E-state index in [1.54, 1.807) is 25.1 Å². The van der Waals surface area contributed by atoms with E-state index in [4.69, 9.17) is 4.74 Å². The quantitative estimate of drug-likeness (QED) is 0.671. The van der Waals surface area contributed by atoms with Crippen LogP contribution >= 0.6 is 0 Å². The van der Waals surface area contributed by atoms with Crippen LogP contribution in [0.15, 0.2) is 30.6 Å². The molecule has 160 valence electrons. The van der Waals surface area contributed by atoms with Gasteiger partial charge in [-0.1, -0.05) is 6.92 Å². The summed E-state index contributed by atoms with van der Waals surface area (Å²) in [4.78, 5) is 32.5. The van der Waals surface area contributed by atoms with Gasteiger partial charge in [-0.15, -0.1) is 0 Å². The number of carbonyl (C=O) groups is 2. The van der Waals surface area contributed by atoms with Crippen molar-refractivity contribution in [1.29, 1.82) is 0 Å². The molecule has 1 aliphatic carbocycles. The van der Waals surface area contributed by atoms with Gasteiger partial charge in [-0.3, -0.25) is 14.6 Å². The molecule has 0 bridgehead atoms. The van der Waals surface area contributed by atoms with Gasteiger partial charge in [0.05, 0.1) is 0 Å². The molecule has 0 aliphatic heterocycles. The third-order valence-corrected chi connectivity index (χ3v) is 4.66. The van der Waals surface area contributed by atoms with Crippen LogP contribution in [0.4, 0.5) is 13.2 Å². The fourth-order valence-corrected chi connectivity index (χ4v) is 2.91. The molecule has 30 heavy (non-hydrogen) atoms. The monoisotopic (exact) mass is 421 g/mol. The van der Waals surface area contributed by atoms with Crippen molar-refractivity contribution in [3.8, 4) is 5.88 Å². The number of aryl methyl sites for hydroxylation is 1. The first-order valence-electron chi connectivity index (χ1n) is 9.68. The number of amides is 1. The zero-order chi connectivity index (χ0) is 21.7. The van der Waals surface area contributed by atoms with Gasteiger partial charge in [-0.05, 0) is 43.0 Å². The molecule has 2 heterocycles. The van der Waals surface area contributed by atoms with E-state index in [9.17, 15) is 22.8 Å². The average molecular weight is 421 g/mol. The number of nitrogens with one attached hydrogen (secondary N) is 1. The average Bonchev–Trinajstić information content (AvgIpc) is 3.55. The third-order valence-electron chi connectivity index (χ3n) is 4.66. The number of rotatable bonds is 9. The fraction of sp³-hybridized carbons (Fsp3) is 0.429. The maximum atomic E-state index is 12.4. The van der Waals surface area contributed by atoms with Gasteiger partial charge in [0.2, 0.25) is 5.88 Å². The second kappa shape index (κ2) is 9.23. The Balaban J connectivity index is 1.59. The highest BCUT2D eigenvalue weighted by atomic mass is 19.4. The Morgan fingerprint density at radius 2 is 2.00 bits per heavy atom. The SMILES string of the molecule is CCc1cc(CNC(=O)c2ccnc(CC(=O)C3CC3)c2)cnc1OCC(F)(F)F. The van der Waals surface area contributed by atoms with Crippen LogP contribution < -0.4 is 10.1 Å². The van der Waals surface area contributed by atoms with Gasteiger partial charge in [-0.2, -0.15) is 13.2 Å². The molecule has 0 saturated heterocycles. The summed E-state index contributed by atoms with van der Waals surface area (Å²) in [6, 6.07) is 4.81. The van der Waals surface area contributed by atoms with E-state index in [2.05, 4.69) is 15.3 Å². The van der Waals surface area contributed by atoms with E-state index in [0.717, 1.165) is 12.8 Å². The highest BCUT2D eigenvalue weighted by Crippen LogP contribution is 2.30. The van der Waals surface area contributed by atoms with Crippen molar-refractivity contribution < 1.29 is 27.5 Å². The van der Waals surface area contributed by atoms with Crippen LogP contribution in [0.3, 0.4) is 0 Å². The molecule has 0 spiro atoms. The molecule has 6 nitrogen and oxygen atoms in total. The van der Waals surface area contributed by atoms with E-state index in [-0.39, 0.29) is 36.5 Å². The fourth-order valence-electron chi connectivity index (χ4n) is 2.91. The van der Waals surface area contributed by atoms with Crippen molar-refractivity contribution in [2.75, 3.05) is 6.61 Å². The van der Waals surface area contributed by atoms with Crippen molar-refractivity contribution in [1.82, 2.24) is 15.3 Å². The lowest BCUT2D eigenvalue weighted by atomic mass is 10.1. The highest BCUT2D eigenvalue weighted by molar-refractivity contribution is 5.94. The van der Waals surface area contributed by atoms with Crippen molar-refractivity contribution in [3.05, 3.63) is 53.0 Å². The molecule has 3 rings (SSSR count). The normalized spacial score (nSPS) is 13.7. The van der Waals surface area contributed by atoms with E-state index in [1.807, 2.05) is 0 Å². The first-order valence-corrected chi connectivity index (χ1v) is 9.68. The van der Waals surface area contributed by atoms with Crippen molar-refractivity contribution in [2.45, 2.75) is 45.3 Å². The van der Waals surface area contributed by atoms with E-state index in [0.29, 0.717) is 28.8 Å². The summed E-state index contributed by atoms with van der Waals surface area (Å²) < 4.78 is 41.8. The molecule has 0 atom stereocenters. The Bertz CT molecular complexity index is 927. The minimum absolute atomic E-state index is 0.0657. The van der Waals surface area contributed by atoms with Crippen LogP contribution in [0.25, 0.3) is 0 Å². The largest absolute Gasteiger partial charge is 0.468 e. The Morgan fingerprint density at radius 1 is 1.23 bits per heavy atom. The maximum absolute atomic E-state index is 12.4. The van der Waals surface area contributed by atoms with Gasteiger partial charge >= 0.3 is 6.18 Å². The minimum atomic E-state index is -4.44. The van der Waals surface area contributed by atoms with Gasteiger partial charge in [-0.25, -0.2) is 4.98 Å². The number of pyridine rings is 2. The van der Waals surface area contributed by atoms with Crippen LogP contribution in [0, 0.1) is 5.92 Å². The third kappa shape index (κ3) is 6.27. The van der Waals surface area contributed by atoms with Gasteiger partial charge in [0.1, 0.15) is 5.78 Å². The lowest BCUT2D eigenvalue weighted by molar-refractivity contribution is -0.154. The Morgan fingerprint density at radius 3 is 2.67 bits per heavy atom. The molecule has 1 amide bonds. The molecule has 1 aliphatic rings. The van der Waals surface area contributed by atoms with Crippen LogP contribution in [-0.2, 0) is 24.2 Å². The van der Waals surface area contributed by atoms with Crippen molar-refractivity contribution >= 4 is 11.7 Å². The predicted molar refractivity (Wildman–Crippen MR) is 102 cm³/mol. The number of ketones is 1. The summed E-state index contributed by atoms with van der Waals surface area (Å²) in [5.41, 5.74) is 2.10. The van der Waals surface area contributed by atoms with Crippen molar-refractivity contribution in [2.24, 2.45) is 5.92 Å². The minimum Gasteiger partial charge on any atom is -0.468 e. The number of hydrogen-bond acceptors (Lipinski definition) is 5. The molecule has 2 aromatic heterocycles. The number of ether oxygens (including phenoxy) is 1. The number of hydrogen-bond donors (Lipinski definition) is 1. The standard InChI is InChI=1S/C21H22F3N3O3/c1-2-14-7-13(11-27-20(14)30-12-21(22,23)24)10-26-19(29)16-5-6-25-17(8-16)9-18(28)15-3-4-15/h5-8,11,15H,2-4,9-10,12H2,1H3,(H,26,29). The molecule has 0 aromatic carbocycles. The number of carbonyl (C=O) groups excluding carboxylic acids is 2. The molecule has 1 fully saturated rings. The van der Waals surface area contributed by atoms with Crippen LogP contribution in [0.1, 0.15) is 46.9 Å². The molecule has 0 radical (unpaired) electrons. The number of aromatic nitrogens is 2. The van der Waals surface area contributed by atoms with Crippen LogP contribution in [0.2, 0.25) is 0 Å². The summed E-state index contributed by atoms with van der Waals surface area (Å²) in [6.07, 6.45) is 0.927. The number of Topliss-reactive ketones (excluding diaryl/α,β-unsaturated/α-hetero) is 1. The number of alkyl halides is 3. The maximum Gasteiger partial charge on any atom is 0.422 e. The first-order chi connectivity index (χ1) is 14.2. The Hall–Kier alpha value is -2.97. The zero-order valence-electron chi connectivity index (χ0n) is 16.5. The number of halogens is 3. The van der Waals surface area contributed by atoms with Crippen molar-refractivity contribution in [3.63, 3.8) is 0 Å². The molecular weight excluding hydrogens is 399 g/mol. The van der Waals surface area contributed by atoms with Gasteiger partial charge in [0, 0.05) is 48.1 Å². The van der Waals surface area contributed by atoms with E-state index >= 15 is 0 Å². The summed E-state index contributed by atoms with van der Waals surface area (Å²) in [5.74, 6) is -0.129. The lowest BCUT2D eigenvalue weighted by Crippen LogP contribution is -2.23. The molecule has 1 saturated carbocycles. The molecular formula is C21H22F3N3O3. The molecule has 1 N–H and O–H groups in total. The Kier molecular flexibility index (Phi) is 6.69. The smallest absolute Gasteiger partial charge is 0.422 e. The second-order valence-electron chi connectivity index (χ2n) is 7.20. The summed E-state index contributed by atoms with van der Waals surface area (Å²) in [6.45, 7) is 0.523. The first kappa shape index (κ1) is 21.7. The van der Waals surface area contributed by atoms with E-state index < -0.39 is 12.8 Å². The number of nitrogens with zero attached hydrogens (tertiary/aromatic N) is 2. The molecule has 0 unspecified atom stereocenters. The van der Waals surface area contributed by atoms with Crippen LogP contribution in [0.5, 0.6) is 5.88 Å². The summed E-state index contributed by atoms with van der Waals surface area (Å²) in [7, 11) is 0. The molecule has 2 aromatic rings. The highest BCUT2D eigenvalue weighted by Gasteiger charge is 2.30. The van der Waals surface area contributed by atoms with Gasteiger partial charge < -0.3 is 10.1 Å².